The van der Waals surface area contributed by atoms with E-state index in [4.69, 9.17) is 11.6 Å². The van der Waals surface area contributed by atoms with Gasteiger partial charge in [-0.2, -0.15) is 0 Å². The number of hydrogen-bond donors (Lipinski definition) is 1. The van der Waals surface area contributed by atoms with E-state index in [-0.39, 0.29) is 16.5 Å². The summed E-state index contributed by atoms with van der Waals surface area (Å²) in [6.45, 7) is 0. The Kier molecular flexibility index (Phi) is 4.29. The Morgan fingerprint density at radius 3 is 2.53 bits per heavy atom. The van der Waals surface area contributed by atoms with Crippen LogP contribution in [-0.4, -0.2) is 10.0 Å². The van der Waals surface area contributed by atoms with Crippen molar-refractivity contribution in [3.05, 3.63) is 63.2 Å². The van der Waals surface area contributed by atoms with Gasteiger partial charge in [0.25, 0.3) is 5.69 Å². The molecule has 0 heterocycles. The van der Waals surface area contributed by atoms with Gasteiger partial charge in [-0.05, 0) is 35.9 Å². The number of phenols is 1. The fourth-order valence-electron chi connectivity index (χ4n) is 1.50. The van der Waals surface area contributed by atoms with Crippen LogP contribution in [0.25, 0.3) is 0 Å². The van der Waals surface area contributed by atoms with Crippen LogP contribution in [0.15, 0.2) is 47.4 Å². The van der Waals surface area contributed by atoms with E-state index < -0.39 is 4.92 Å². The molecular formula is C13H10ClNO3S. The zero-order chi connectivity index (χ0) is 13.8. The van der Waals surface area contributed by atoms with Gasteiger partial charge in [0.2, 0.25) is 0 Å². The third-order valence-corrected chi connectivity index (χ3v) is 3.85. The largest absolute Gasteiger partial charge is 0.508 e. The van der Waals surface area contributed by atoms with E-state index in [0.29, 0.717) is 5.75 Å². The van der Waals surface area contributed by atoms with Crippen LogP contribution in [0.4, 0.5) is 5.69 Å². The van der Waals surface area contributed by atoms with E-state index in [0.717, 1.165) is 10.5 Å². The molecule has 4 nitrogen and oxygen atoms in total. The minimum atomic E-state index is -0.489. The van der Waals surface area contributed by atoms with Gasteiger partial charge >= 0.3 is 0 Å². The molecule has 19 heavy (non-hydrogen) atoms. The maximum atomic E-state index is 10.8. The summed E-state index contributed by atoms with van der Waals surface area (Å²) in [5.41, 5.74) is 0.750. The molecule has 0 aromatic heterocycles. The predicted molar refractivity (Wildman–Crippen MR) is 75.8 cm³/mol. The van der Waals surface area contributed by atoms with Gasteiger partial charge in [0.15, 0.2) is 0 Å². The summed E-state index contributed by atoms with van der Waals surface area (Å²) in [7, 11) is 0. The van der Waals surface area contributed by atoms with E-state index in [1.165, 1.54) is 23.9 Å². The van der Waals surface area contributed by atoms with Crippen LogP contribution in [0.5, 0.6) is 5.75 Å². The van der Waals surface area contributed by atoms with Crippen molar-refractivity contribution in [2.45, 2.75) is 10.6 Å². The number of nitrogens with zero attached hydrogens (tertiary/aromatic N) is 1. The lowest BCUT2D eigenvalue weighted by Gasteiger charge is -2.03. The first-order valence-corrected chi connectivity index (χ1v) is 6.77. The molecular weight excluding hydrogens is 286 g/mol. The molecule has 0 amide bonds. The zero-order valence-electron chi connectivity index (χ0n) is 9.75. The van der Waals surface area contributed by atoms with Gasteiger partial charge in [-0.15, -0.1) is 11.8 Å². The minimum absolute atomic E-state index is 0.0783. The summed E-state index contributed by atoms with van der Waals surface area (Å²) in [6.07, 6.45) is 0. The van der Waals surface area contributed by atoms with Crippen LogP contribution in [0.1, 0.15) is 5.56 Å². The second-order valence-electron chi connectivity index (χ2n) is 3.83. The normalized spacial score (nSPS) is 10.4. The maximum Gasteiger partial charge on any atom is 0.288 e. The average molecular weight is 296 g/mol. The number of rotatable bonds is 4. The molecule has 0 unspecified atom stereocenters. The third-order valence-electron chi connectivity index (χ3n) is 2.45. The third kappa shape index (κ3) is 3.62. The van der Waals surface area contributed by atoms with Crippen LogP contribution in [-0.2, 0) is 5.75 Å². The standard InChI is InChI=1S/C13H10ClNO3S/c14-12-6-1-9(7-13(12)15(17)18)8-19-11-4-2-10(16)3-5-11/h1-7,16H,8H2. The Morgan fingerprint density at radius 1 is 1.21 bits per heavy atom. The Morgan fingerprint density at radius 2 is 1.89 bits per heavy atom. The first kappa shape index (κ1) is 13.7. The van der Waals surface area contributed by atoms with E-state index >= 15 is 0 Å². The monoisotopic (exact) mass is 295 g/mol. The zero-order valence-corrected chi connectivity index (χ0v) is 11.3. The fraction of sp³-hybridized carbons (Fsp3) is 0.0769. The number of hydrogen-bond acceptors (Lipinski definition) is 4. The van der Waals surface area contributed by atoms with Crippen molar-refractivity contribution in [3.63, 3.8) is 0 Å². The van der Waals surface area contributed by atoms with Crippen LogP contribution >= 0.6 is 23.4 Å². The molecule has 0 saturated heterocycles. The summed E-state index contributed by atoms with van der Waals surface area (Å²) in [6, 6.07) is 11.6. The highest BCUT2D eigenvalue weighted by Crippen LogP contribution is 2.29. The number of aromatic hydroxyl groups is 1. The highest BCUT2D eigenvalue weighted by molar-refractivity contribution is 7.98. The molecule has 0 radical (unpaired) electrons. The first-order chi connectivity index (χ1) is 9.06. The van der Waals surface area contributed by atoms with Crippen LogP contribution in [0.3, 0.4) is 0 Å². The van der Waals surface area contributed by atoms with Crippen LogP contribution in [0, 0.1) is 10.1 Å². The van der Waals surface area contributed by atoms with Crippen molar-refractivity contribution in [1.29, 1.82) is 0 Å². The summed E-state index contributed by atoms with van der Waals surface area (Å²) in [5, 5.41) is 20.1. The van der Waals surface area contributed by atoms with Crippen molar-refractivity contribution in [2.75, 3.05) is 0 Å². The quantitative estimate of drug-likeness (QED) is 0.520. The molecule has 2 aromatic rings. The lowest BCUT2D eigenvalue weighted by atomic mass is 10.2. The number of benzene rings is 2. The van der Waals surface area contributed by atoms with Crippen LogP contribution in [0.2, 0.25) is 5.02 Å². The first-order valence-electron chi connectivity index (χ1n) is 5.41. The van der Waals surface area contributed by atoms with Crippen molar-refractivity contribution in [2.24, 2.45) is 0 Å². The fourth-order valence-corrected chi connectivity index (χ4v) is 2.52. The van der Waals surface area contributed by atoms with Gasteiger partial charge < -0.3 is 5.11 Å². The number of nitro benzene ring substituents is 1. The highest BCUT2D eigenvalue weighted by Gasteiger charge is 2.12. The SMILES string of the molecule is O=[N+]([O-])c1cc(CSc2ccc(O)cc2)ccc1Cl. The lowest BCUT2D eigenvalue weighted by Crippen LogP contribution is -1.91. The maximum absolute atomic E-state index is 10.8. The predicted octanol–water partition coefficient (Wildman–Crippen LogP) is 4.25. The Hall–Kier alpha value is -1.72. The Balaban J connectivity index is 2.09. The van der Waals surface area contributed by atoms with Gasteiger partial charge in [0.1, 0.15) is 10.8 Å². The summed E-state index contributed by atoms with van der Waals surface area (Å²) < 4.78 is 0. The second-order valence-corrected chi connectivity index (χ2v) is 5.28. The molecule has 0 fully saturated rings. The van der Waals surface area contributed by atoms with Crippen molar-refractivity contribution in [1.82, 2.24) is 0 Å². The van der Waals surface area contributed by atoms with Gasteiger partial charge in [0, 0.05) is 16.7 Å². The Labute approximate surface area is 119 Å². The molecule has 2 rings (SSSR count). The topological polar surface area (TPSA) is 63.4 Å². The summed E-state index contributed by atoms with van der Waals surface area (Å²) in [5.74, 6) is 0.814. The average Bonchev–Trinajstić information content (AvgIpc) is 2.39. The van der Waals surface area contributed by atoms with E-state index in [9.17, 15) is 15.2 Å². The highest BCUT2D eigenvalue weighted by atomic mass is 35.5. The Bertz CT molecular complexity index is 601. The van der Waals surface area contributed by atoms with Crippen LogP contribution < -0.4 is 0 Å². The van der Waals surface area contributed by atoms with Gasteiger partial charge in [-0.25, -0.2) is 0 Å². The van der Waals surface area contributed by atoms with E-state index in [1.807, 2.05) is 0 Å². The molecule has 0 aliphatic carbocycles. The number of nitro groups is 1. The van der Waals surface area contributed by atoms with Crippen molar-refractivity contribution in [3.8, 4) is 5.75 Å². The molecule has 0 saturated carbocycles. The molecule has 6 heteroatoms. The lowest BCUT2D eigenvalue weighted by molar-refractivity contribution is -0.384. The molecule has 0 aliphatic heterocycles. The summed E-state index contributed by atoms with van der Waals surface area (Å²) in [4.78, 5) is 11.3. The molecule has 2 aromatic carbocycles. The molecule has 0 aliphatic rings. The smallest absolute Gasteiger partial charge is 0.288 e. The molecule has 0 atom stereocenters. The number of thioether (sulfide) groups is 1. The summed E-state index contributed by atoms with van der Waals surface area (Å²) >= 11 is 7.28. The van der Waals surface area contributed by atoms with Gasteiger partial charge in [-0.3, -0.25) is 10.1 Å². The number of halogens is 1. The van der Waals surface area contributed by atoms with Crippen molar-refractivity contribution >= 4 is 29.1 Å². The minimum Gasteiger partial charge on any atom is -0.508 e. The van der Waals surface area contributed by atoms with Crippen molar-refractivity contribution < 1.29 is 10.0 Å². The molecule has 98 valence electrons. The molecule has 0 spiro atoms. The number of phenolic OH excluding ortho intramolecular Hbond substituents is 1. The van der Waals surface area contributed by atoms with E-state index in [1.54, 1.807) is 30.3 Å². The molecule has 0 bridgehead atoms. The van der Waals surface area contributed by atoms with E-state index in [2.05, 4.69) is 0 Å². The van der Waals surface area contributed by atoms with Gasteiger partial charge in [0.05, 0.1) is 4.92 Å². The molecule has 1 N–H and O–H groups in total. The van der Waals surface area contributed by atoms with Gasteiger partial charge in [-0.1, -0.05) is 17.7 Å². The second kappa shape index (κ2) is 5.95.